The largest absolute Gasteiger partial charge is 0.508 e. The molecule has 2 unspecified atom stereocenters. The molecule has 1 rings (SSSR count). The summed E-state index contributed by atoms with van der Waals surface area (Å²) >= 11 is 0. The van der Waals surface area contributed by atoms with Crippen LogP contribution in [0.1, 0.15) is 25.8 Å². The lowest BCUT2D eigenvalue weighted by Crippen LogP contribution is -2.28. The Morgan fingerprint density at radius 1 is 1.35 bits per heavy atom. The molecule has 0 aromatic heterocycles. The molecule has 3 N–H and O–H groups in total. The molecule has 1 aromatic carbocycles. The van der Waals surface area contributed by atoms with E-state index < -0.39 is 0 Å². The maximum Gasteiger partial charge on any atom is 0.120 e. The van der Waals surface area contributed by atoms with E-state index in [0.29, 0.717) is 13.0 Å². The molecule has 0 spiro atoms. The number of nitrogens with one attached hydrogen (secondary N) is 1. The van der Waals surface area contributed by atoms with E-state index in [0.717, 1.165) is 11.3 Å². The van der Waals surface area contributed by atoms with Gasteiger partial charge in [-0.2, -0.15) is 0 Å². The van der Waals surface area contributed by atoms with Gasteiger partial charge in [-0.25, -0.2) is 0 Å². The minimum Gasteiger partial charge on any atom is -0.508 e. The van der Waals surface area contributed by atoms with Crippen LogP contribution in [0, 0.1) is 0 Å². The summed E-state index contributed by atoms with van der Waals surface area (Å²) in [6.07, 6.45) is 0.362. The van der Waals surface area contributed by atoms with Gasteiger partial charge in [-0.05, 0) is 38.5 Å². The molecule has 0 aliphatic heterocycles. The zero-order valence-corrected chi connectivity index (χ0v) is 10.6. The number of methoxy groups -OCH3 is 1. The molecule has 0 fully saturated rings. The van der Waals surface area contributed by atoms with E-state index in [9.17, 15) is 10.2 Å². The predicted molar refractivity (Wildman–Crippen MR) is 67.3 cm³/mol. The third kappa shape index (κ3) is 4.63. The van der Waals surface area contributed by atoms with E-state index in [2.05, 4.69) is 5.32 Å². The number of ether oxygens (including phenoxy) is 1. The Morgan fingerprint density at radius 3 is 2.65 bits per heavy atom. The second-order valence-electron chi connectivity index (χ2n) is 4.36. The van der Waals surface area contributed by atoms with Gasteiger partial charge in [0.15, 0.2) is 0 Å². The van der Waals surface area contributed by atoms with Crippen molar-refractivity contribution in [3.63, 3.8) is 0 Å². The van der Waals surface area contributed by atoms with Gasteiger partial charge in [-0.15, -0.1) is 0 Å². The van der Waals surface area contributed by atoms with Crippen molar-refractivity contribution in [3.8, 4) is 11.5 Å². The van der Waals surface area contributed by atoms with Crippen LogP contribution < -0.4 is 10.1 Å². The summed E-state index contributed by atoms with van der Waals surface area (Å²) in [6, 6.07) is 5.34. The Kier molecular flexibility index (Phi) is 5.25. The maximum atomic E-state index is 9.68. The average molecular weight is 239 g/mol. The number of aliphatic hydroxyl groups is 1. The Hall–Kier alpha value is -1.26. The van der Waals surface area contributed by atoms with E-state index in [4.69, 9.17) is 4.74 Å². The van der Waals surface area contributed by atoms with Crippen LogP contribution in [0.2, 0.25) is 0 Å². The van der Waals surface area contributed by atoms with Crippen molar-refractivity contribution in [1.82, 2.24) is 5.32 Å². The SMILES string of the molecule is COc1ccc(O)c(CNC(C)CC(C)O)c1. The van der Waals surface area contributed by atoms with E-state index in [1.165, 1.54) is 0 Å². The highest BCUT2D eigenvalue weighted by Gasteiger charge is 2.08. The van der Waals surface area contributed by atoms with Gasteiger partial charge in [0.25, 0.3) is 0 Å². The van der Waals surface area contributed by atoms with Crippen LogP contribution in [0.4, 0.5) is 0 Å². The highest BCUT2D eigenvalue weighted by molar-refractivity contribution is 5.39. The maximum absolute atomic E-state index is 9.68. The summed E-state index contributed by atoms with van der Waals surface area (Å²) < 4.78 is 5.10. The van der Waals surface area contributed by atoms with Crippen molar-refractivity contribution in [2.75, 3.05) is 7.11 Å². The van der Waals surface area contributed by atoms with E-state index in [-0.39, 0.29) is 17.9 Å². The zero-order valence-electron chi connectivity index (χ0n) is 10.6. The molecule has 96 valence electrons. The normalized spacial score (nSPS) is 14.4. The van der Waals surface area contributed by atoms with Crippen LogP contribution >= 0.6 is 0 Å². The molecule has 17 heavy (non-hydrogen) atoms. The number of phenolic OH excluding ortho intramolecular Hbond substituents is 1. The predicted octanol–water partition coefficient (Wildman–Crippen LogP) is 1.65. The molecule has 4 heteroatoms. The van der Waals surface area contributed by atoms with Crippen molar-refractivity contribution in [2.24, 2.45) is 0 Å². The fourth-order valence-electron chi connectivity index (χ4n) is 1.71. The van der Waals surface area contributed by atoms with Crippen LogP contribution in [0.3, 0.4) is 0 Å². The lowest BCUT2D eigenvalue weighted by Gasteiger charge is -2.16. The molecular weight excluding hydrogens is 218 g/mol. The van der Waals surface area contributed by atoms with Gasteiger partial charge in [-0.3, -0.25) is 0 Å². The van der Waals surface area contributed by atoms with Crippen molar-refractivity contribution in [2.45, 2.75) is 39.0 Å². The minimum atomic E-state index is -0.323. The van der Waals surface area contributed by atoms with Crippen molar-refractivity contribution < 1.29 is 14.9 Å². The Bertz CT molecular complexity index is 353. The first-order valence-electron chi connectivity index (χ1n) is 5.80. The quantitative estimate of drug-likeness (QED) is 0.706. The fourth-order valence-corrected chi connectivity index (χ4v) is 1.71. The standard InChI is InChI=1S/C13H21NO3/c1-9(6-10(2)15)14-8-11-7-12(17-3)4-5-13(11)16/h4-5,7,9-10,14-16H,6,8H2,1-3H3. The van der Waals surface area contributed by atoms with Crippen molar-refractivity contribution in [1.29, 1.82) is 0 Å². The molecule has 0 radical (unpaired) electrons. The molecule has 0 saturated carbocycles. The third-order valence-corrected chi connectivity index (χ3v) is 2.62. The van der Waals surface area contributed by atoms with Gasteiger partial charge in [0.1, 0.15) is 11.5 Å². The van der Waals surface area contributed by atoms with Gasteiger partial charge >= 0.3 is 0 Å². The summed E-state index contributed by atoms with van der Waals surface area (Å²) in [7, 11) is 1.60. The molecule has 0 saturated heterocycles. The van der Waals surface area contributed by atoms with Crippen LogP contribution in [0.25, 0.3) is 0 Å². The van der Waals surface area contributed by atoms with Crippen LogP contribution in [0.15, 0.2) is 18.2 Å². The molecule has 0 heterocycles. The average Bonchev–Trinajstić information content (AvgIpc) is 2.27. The smallest absolute Gasteiger partial charge is 0.120 e. The number of hydrogen-bond acceptors (Lipinski definition) is 4. The summed E-state index contributed by atoms with van der Waals surface area (Å²) in [5.74, 6) is 0.977. The number of aliphatic hydroxyl groups excluding tert-OH is 1. The second-order valence-corrected chi connectivity index (χ2v) is 4.36. The highest BCUT2D eigenvalue weighted by atomic mass is 16.5. The van der Waals surface area contributed by atoms with Crippen molar-refractivity contribution >= 4 is 0 Å². The molecule has 2 atom stereocenters. The first-order chi connectivity index (χ1) is 8.02. The molecule has 0 bridgehead atoms. The number of rotatable bonds is 6. The van der Waals surface area contributed by atoms with Gasteiger partial charge < -0.3 is 20.3 Å². The first kappa shape index (κ1) is 13.8. The zero-order chi connectivity index (χ0) is 12.8. The molecule has 0 amide bonds. The van der Waals surface area contributed by atoms with Crippen molar-refractivity contribution in [3.05, 3.63) is 23.8 Å². The number of aromatic hydroxyl groups is 1. The van der Waals surface area contributed by atoms with E-state index in [1.807, 2.05) is 6.92 Å². The van der Waals surface area contributed by atoms with Gasteiger partial charge in [-0.1, -0.05) is 0 Å². The molecule has 4 nitrogen and oxygen atoms in total. The van der Waals surface area contributed by atoms with Gasteiger partial charge in [0, 0.05) is 18.2 Å². The van der Waals surface area contributed by atoms with E-state index >= 15 is 0 Å². The van der Waals surface area contributed by atoms with Gasteiger partial charge in [0.05, 0.1) is 13.2 Å². The van der Waals surface area contributed by atoms with Crippen LogP contribution in [-0.2, 0) is 6.54 Å². The number of benzene rings is 1. The summed E-state index contributed by atoms with van der Waals surface area (Å²) in [4.78, 5) is 0. The topological polar surface area (TPSA) is 61.7 Å². The Balaban J connectivity index is 2.56. The Labute approximate surface area is 102 Å². The summed E-state index contributed by atoms with van der Waals surface area (Å²) in [6.45, 7) is 4.32. The monoisotopic (exact) mass is 239 g/mol. The molecule has 0 aliphatic rings. The van der Waals surface area contributed by atoms with Crippen LogP contribution in [0.5, 0.6) is 11.5 Å². The second kappa shape index (κ2) is 6.47. The Morgan fingerprint density at radius 2 is 2.06 bits per heavy atom. The van der Waals surface area contributed by atoms with E-state index in [1.54, 1.807) is 32.2 Å². The number of phenols is 1. The molecule has 0 aliphatic carbocycles. The summed E-state index contributed by atoms with van der Waals surface area (Å²) in [5, 5.41) is 22.2. The minimum absolute atomic E-state index is 0.195. The molecule has 1 aromatic rings. The number of hydrogen-bond donors (Lipinski definition) is 3. The van der Waals surface area contributed by atoms with Gasteiger partial charge in [0.2, 0.25) is 0 Å². The fraction of sp³-hybridized carbons (Fsp3) is 0.538. The first-order valence-corrected chi connectivity index (χ1v) is 5.80. The lowest BCUT2D eigenvalue weighted by atomic mass is 10.1. The molecular formula is C13H21NO3. The highest BCUT2D eigenvalue weighted by Crippen LogP contribution is 2.22. The lowest BCUT2D eigenvalue weighted by molar-refractivity contribution is 0.170. The summed E-state index contributed by atoms with van der Waals surface area (Å²) in [5.41, 5.74) is 0.793. The third-order valence-electron chi connectivity index (χ3n) is 2.62. The van der Waals surface area contributed by atoms with Crippen LogP contribution in [-0.4, -0.2) is 29.5 Å².